The zero-order chi connectivity index (χ0) is 20.6. The van der Waals surface area contributed by atoms with Crippen LogP contribution in [-0.2, 0) is 22.6 Å². The zero-order valence-electron chi connectivity index (χ0n) is 16.6. The van der Waals surface area contributed by atoms with E-state index in [0.717, 1.165) is 16.9 Å². The van der Waals surface area contributed by atoms with Crippen LogP contribution in [0, 0.1) is 0 Å². The fourth-order valence-electron chi connectivity index (χ4n) is 2.75. The van der Waals surface area contributed by atoms with Crippen LogP contribution in [-0.4, -0.2) is 32.0 Å². The van der Waals surface area contributed by atoms with Gasteiger partial charge < -0.3 is 23.5 Å². The van der Waals surface area contributed by atoms with Gasteiger partial charge in [-0.1, -0.05) is 17.3 Å². The fourth-order valence-corrected chi connectivity index (χ4v) is 2.75. The second-order valence-corrected chi connectivity index (χ2v) is 6.17. The zero-order valence-corrected chi connectivity index (χ0v) is 16.6. The lowest BCUT2D eigenvalue weighted by Gasteiger charge is -2.07. The lowest BCUT2D eigenvalue weighted by molar-refractivity contribution is -0.144. The molecule has 0 N–H and O–H groups in total. The highest BCUT2D eigenvalue weighted by molar-refractivity contribution is 5.72. The van der Waals surface area contributed by atoms with Crippen LogP contribution in [0.5, 0.6) is 17.2 Å². The number of esters is 1. The standard InChI is InChI=1S/C22H23NO6/c1-4-27-18-8-5-15(6-9-18)11-22(24)28-14-17-13-20(29-23-17)16-7-10-19(25-2)21(12-16)26-3/h5-10,12-13H,4,11,14H2,1-3H3. The topological polar surface area (TPSA) is 80.0 Å². The normalized spacial score (nSPS) is 10.4. The molecule has 1 aromatic heterocycles. The summed E-state index contributed by atoms with van der Waals surface area (Å²) in [4.78, 5) is 12.1. The Bertz CT molecular complexity index is 948. The predicted octanol–water partition coefficient (Wildman–Crippen LogP) is 4.04. The summed E-state index contributed by atoms with van der Waals surface area (Å²) in [5, 5.41) is 3.96. The van der Waals surface area contributed by atoms with Gasteiger partial charge in [0.15, 0.2) is 17.3 Å². The van der Waals surface area contributed by atoms with E-state index in [4.69, 9.17) is 23.5 Å². The second kappa shape index (κ2) is 9.64. The molecule has 3 rings (SSSR count). The number of carbonyl (C=O) groups excluding carboxylic acids is 1. The molecular formula is C22H23NO6. The molecule has 0 saturated carbocycles. The maximum absolute atomic E-state index is 12.1. The number of hydrogen-bond donors (Lipinski definition) is 0. The molecule has 0 bridgehead atoms. The Labute approximate surface area is 169 Å². The van der Waals surface area contributed by atoms with Crippen molar-refractivity contribution in [3.63, 3.8) is 0 Å². The molecule has 29 heavy (non-hydrogen) atoms. The average Bonchev–Trinajstić information content (AvgIpc) is 3.22. The third-order valence-electron chi connectivity index (χ3n) is 4.19. The molecule has 7 heteroatoms. The first-order chi connectivity index (χ1) is 14.1. The van der Waals surface area contributed by atoms with Crippen LogP contribution in [0.2, 0.25) is 0 Å². The van der Waals surface area contributed by atoms with E-state index in [0.29, 0.717) is 29.6 Å². The third kappa shape index (κ3) is 5.28. The Morgan fingerprint density at radius 1 is 1.00 bits per heavy atom. The summed E-state index contributed by atoms with van der Waals surface area (Å²) < 4.78 is 26.6. The van der Waals surface area contributed by atoms with Crippen molar-refractivity contribution in [1.82, 2.24) is 5.16 Å². The van der Waals surface area contributed by atoms with Gasteiger partial charge in [-0.15, -0.1) is 0 Å². The van der Waals surface area contributed by atoms with Gasteiger partial charge in [0.1, 0.15) is 18.1 Å². The number of nitrogens with zero attached hydrogens (tertiary/aromatic N) is 1. The molecule has 152 valence electrons. The number of benzene rings is 2. The lowest BCUT2D eigenvalue weighted by Crippen LogP contribution is -2.08. The van der Waals surface area contributed by atoms with E-state index in [9.17, 15) is 4.79 Å². The summed E-state index contributed by atoms with van der Waals surface area (Å²) in [6, 6.07) is 14.5. The first-order valence-corrected chi connectivity index (χ1v) is 9.18. The van der Waals surface area contributed by atoms with E-state index in [-0.39, 0.29) is 19.0 Å². The molecule has 0 aliphatic carbocycles. The van der Waals surface area contributed by atoms with E-state index < -0.39 is 0 Å². The summed E-state index contributed by atoms with van der Waals surface area (Å²) in [6.07, 6.45) is 0.173. The molecule has 1 heterocycles. The quantitative estimate of drug-likeness (QED) is 0.504. The van der Waals surface area contributed by atoms with E-state index >= 15 is 0 Å². The average molecular weight is 397 g/mol. The van der Waals surface area contributed by atoms with Gasteiger partial charge in [-0.3, -0.25) is 4.79 Å². The van der Waals surface area contributed by atoms with Crippen LogP contribution in [0.25, 0.3) is 11.3 Å². The van der Waals surface area contributed by atoms with E-state index in [1.807, 2.05) is 37.3 Å². The highest BCUT2D eigenvalue weighted by atomic mass is 16.5. The molecule has 0 atom stereocenters. The molecule has 0 aliphatic rings. The Hall–Kier alpha value is -3.48. The fraction of sp³-hybridized carbons (Fsp3) is 0.273. The van der Waals surface area contributed by atoms with Gasteiger partial charge in [0, 0.05) is 11.6 Å². The summed E-state index contributed by atoms with van der Waals surface area (Å²) in [5.41, 5.74) is 2.15. The Balaban J connectivity index is 1.57. The Morgan fingerprint density at radius 2 is 1.76 bits per heavy atom. The molecule has 0 fully saturated rings. The number of carbonyl (C=O) groups is 1. The van der Waals surface area contributed by atoms with Crippen LogP contribution in [0.1, 0.15) is 18.2 Å². The minimum atomic E-state index is -0.343. The number of rotatable bonds is 9. The van der Waals surface area contributed by atoms with Crippen LogP contribution < -0.4 is 14.2 Å². The van der Waals surface area contributed by atoms with Crippen molar-refractivity contribution in [2.75, 3.05) is 20.8 Å². The third-order valence-corrected chi connectivity index (χ3v) is 4.19. The van der Waals surface area contributed by atoms with Crippen molar-refractivity contribution in [2.24, 2.45) is 0 Å². The Kier molecular flexibility index (Phi) is 6.73. The molecule has 0 spiro atoms. The molecule has 3 aromatic rings. The first-order valence-electron chi connectivity index (χ1n) is 9.18. The number of ether oxygens (including phenoxy) is 4. The van der Waals surface area contributed by atoms with Crippen LogP contribution in [0.3, 0.4) is 0 Å². The highest BCUT2D eigenvalue weighted by Crippen LogP contribution is 2.32. The van der Waals surface area contributed by atoms with Crippen molar-refractivity contribution in [3.05, 3.63) is 59.8 Å². The van der Waals surface area contributed by atoms with Gasteiger partial charge in [-0.25, -0.2) is 0 Å². The van der Waals surface area contributed by atoms with Crippen molar-refractivity contribution < 1.29 is 28.3 Å². The molecule has 0 amide bonds. The molecule has 0 saturated heterocycles. The molecule has 7 nitrogen and oxygen atoms in total. The molecule has 2 aromatic carbocycles. The Morgan fingerprint density at radius 3 is 2.45 bits per heavy atom. The maximum atomic E-state index is 12.1. The first kappa shape index (κ1) is 20.3. The summed E-state index contributed by atoms with van der Waals surface area (Å²) in [6.45, 7) is 2.56. The molecule has 0 radical (unpaired) electrons. The summed E-state index contributed by atoms with van der Waals surface area (Å²) in [5.74, 6) is 2.19. The van der Waals surface area contributed by atoms with Gasteiger partial charge >= 0.3 is 5.97 Å². The molecule has 0 unspecified atom stereocenters. The maximum Gasteiger partial charge on any atom is 0.310 e. The van der Waals surface area contributed by atoms with Crippen molar-refractivity contribution >= 4 is 5.97 Å². The van der Waals surface area contributed by atoms with E-state index in [2.05, 4.69) is 5.16 Å². The summed E-state index contributed by atoms with van der Waals surface area (Å²) in [7, 11) is 3.14. The van der Waals surface area contributed by atoms with E-state index in [1.54, 1.807) is 32.4 Å². The van der Waals surface area contributed by atoms with Crippen molar-refractivity contribution in [3.8, 4) is 28.6 Å². The van der Waals surface area contributed by atoms with Crippen molar-refractivity contribution in [2.45, 2.75) is 20.0 Å². The number of hydrogen-bond acceptors (Lipinski definition) is 7. The largest absolute Gasteiger partial charge is 0.494 e. The molecule has 0 aliphatic heterocycles. The van der Waals surface area contributed by atoms with Crippen molar-refractivity contribution in [1.29, 1.82) is 0 Å². The van der Waals surface area contributed by atoms with Crippen LogP contribution >= 0.6 is 0 Å². The van der Waals surface area contributed by atoms with Gasteiger partial charge in [0.05, 0.1) is 27.2 Å². The summed E-state index contributed by atoms with van der Waals surface area (Å²) >= 11 is 0. The number of aromatic nitrogens is 1. The predicted molar refractivity (Wildman–Crippen MR) is 106 cm³/mol. The van der Waals surface area contributed by atoms with Crippen LogP contribution in [0.15, 0.2) is 53.1 Å². The van der Waals surface area contributed by atoms with E-state index in [1.165, 1.54) is 0 Å². The van der Waals surface area contributed by atoms with Crippen LogP contribution in [0.4, 0.5) is 0 Å². The minimum Gasteiger partial charge on any atom is -0.494 e. The van der Waals surface area contributed by atoms with Gasteiger partial charge in [-0.2, -0.15) is 0 Å². The SMILES string of the molecule is CCOc1ccc(CC(=O)OCc2cc(-c3ccc(OC)c(OC)c3)on2)cc1. The monoisotopic (exact) mass is 397 g/mol. The molecular weight excluding hydrogens is 374 g/mol. The number of methoxy groups -OCH3 is 2. The van der Waals surface area contributed by atoms with Gasteiger partial charge in [0.25, 0.3) is 0 Å². The lowest BCUT2D eigenvalue weighted by atomic mass is 10.1. The second-order valence-electron chi connectivity index (χ2n) is 6.17. The van der Waals surface area contributed by atoms with Gasteiger partial charge in [-0.05, 0) is 42.8 Å². The smallest absolute Gasteiger partial charge is 0.310 e. The highest BCUT2D eigenvalue weighted by Gasteiger charge is 2.12. The van der Waals surface area contributed by atoms with Gasteiger partial charge in [0.2, 0.25) is 0 Å². The minimum absolute atomic E-state index is 0.0344.